The van der Waals surface area contributed by atoms with Gasteiger partial charge in [0.05, 0.1) is 4.34 Å². The Labute approximate surface area is 156 Å². The summed E-state index contributed by atoms with van der Waals surface area (Å²) in [5, 5.41) is 0. The lowest BCUT2D eigenvalue weighted by Gasteiger charge is -2.26. The molecule has 2 aromatic rings. The Balaban J connectivity index is 1.62. The van der Waals surface area contributed by atoms with Gasteiger partial charge in [-0.05, 0) is 49.1 Å². The summed E-state index contributed by atoms with van der Waals surface area (Å²) in [7, 11) is -3.57. The third-order valence-electron chi connectivity index (χ3n) is 4.12. The average Bonchev–Trinajstić information content (AvgIpc) is 3.08. The molecule has 1 aromatic carbocycles. The van der Waals surface area contributed by atoms with Crippen LogP contribution < -0.4 is 4.72 Å². The van der Waals surface area contributed by atoms with Crippen LogP contribution in [0.15, 0.2) is 40.6 Å². The van der Waals surface area contributed by atoms with Crippen molar-refractivity contribution in [1.82, 2.24) is 9.62 Å². The average molecular weight is 399 g/mol. The number of hydrogen-bond acceptors (Lipinski definition) is 4. The lowest BCUT2D eigenvalue weighted by Crippen LogP contribution is -2.35. The molecular formula is C17H19ClN2O3S2. The number of hydrogen-bond donors (Lipinski definition) is 1. The Bertz CT molecular complexity index is 841. The van der Waals surface area contributed by atoms with E-state index >= 15 is 0 Å². The highest BCUT2D eigenvalue weighted by molar-refractivity contribution is 7.91. The maximum Gasteiger partial charge on any atom is 0.253 e. The molecule has 0 unspecified atom stereocenters. The minimum Gasteiger partial charge on any atom is -0.339 e. The van der Waals surface area contributed by atoms with Gasteiger partial charge in [0.25, 0.3) is 5.91 Å². The van der Waals surface area contributed by atoms with Crippen LogP contribution in [0.4, 0.5) is 0 Å². The number of likely N-dealkylation sites (tertiary alicyclic amines) is 1. The molecule has 1 amide bonds. The molecule has 8 heteroatoms. The second-order valence-electron chi connectivity index (χ2n) is 5.93. The molecule has 1 fully saturated rings. The lowest BCUT2D eigenvalue weighted by molar-refractivity contribution is 0.0724. The number of nitrogens with one attached hydrogen (secondary N) is 1. The highest BCUT2D eigenvalue weighted by Crippen LogP contribution is 2.25. The first-order valence-corrected chi connectivity index (χ1v) is 10.8. The zero-order valence-electron chi connectivity index (χ0n) is 13.6. The van der Waals surface area contributed by atoms with Gasteiger partial charge in [-0.3, -0.25) is 4.79 Å². The van der Waals surface area contributed by atoms with Crippen molar-refractivity contribution in [1.29, 1.82) is 0 Å². The Kier molecular flexibility index (Phi) is 5.78. The molecule has 1 aliphatic rings. The standard InChI is InChI=1S/C17H19ClN2O3S2/c18-15-8-9-16(24-15)25(22,23)19-12-13-4-6-14(7-5-13)17(21)20-10-2-1-3-11-20/h4-9,19H,1-3,10-12H2. The molecule has 0 aliphatic carbocycles. The summed E-state index contributed by atoms with van der Waals surface area (Å²) in [5.74, 6) is 0.0417. The van der Waals surface area contributed by atoms with Crippen molar-refractivity contribution < 1.29 is 13.2 Å². The molecule has 0 atom stereocenters. The summed E-state index contributed by atoms with van der Waals surface area (Å²) in [6, 6.07) is 10.1. The van der Waals surface area contributed by atoms with Gasteiger partial charge < -0.3 is 4.90 Å². The molecule has 0 radical (unpaired) electrons. The summed E-state index contributed by atoms with van der Waals surface area (Å²) in [5.41, 5.74) is 1.43. The van der Waals surface area contributed by atoms with Crippen LogP contribution in [-0.4, -0.2) is 32.3 Å². The Hall–Kier alpha value is -1.41. The van der Waals surface area contributed by atoms with Crippen LogP contribution in [0.3, 0.4) is 0 Å². The van der Waals surface area contributed by atoms with Crippen molar-refractivity contribution in [2.45, 2.75) is 30.0 Å². The van der Waals surface area contributed by atoms with Gasteiger partial charge in [-0.25, -0.2) is 13.1 Å². The van der Waals surface area contributed by atoms with E-state index < -0.39 is 10.0 Å². The second kappa shape index (κ2) is 7.86. The number of carbonyl (C=O) groups excluding carboxylic acids is 1. The van der Waals surface area contributed by atoms with Crippen LogP contribution in [0.2, 0.25) is 4.34 Å². The fourth-order valence-electron chi connectivity index (χ4n) is 2.74. The number of benzene rings is 1. The van der Waals surface area contributed by atoms with E-state index in [1.54, 1.807) is 30.3 Å². The number of amides is 1. The summed E-state index contributed by atoms with van der Waals surface area (Å²) < 4.78 is 27.5. The van der Waals surface area contributed by atoms with Crippen LogP contribution >= 0.6 is 22.9 Å². The van der Waals surface area contributed by atoms with Crippen molar-refractivity contribution in [3.05, 3.63) is 51.9 Å². The zero-order valence-corrected chi connectivity index (χ0v) is 16.0. The minimum absolute atomic E-state index is 0.0417. The van der Waals surface area contributed by atoms with Gasteiger partial charge in [-0.15, -0.1) is 11.3 Å². The number of thiophene rings is 1. The summed E-state index contributed by atoms with van der Waals surface area (Å²) >= 11 is 6.80. The molecule has 0 spiro atoms. The predicted molar refractivity (Wildman–Crippen MR) is 99.6 cm³/mol. The van der Waals surface area contributed by atoms with Gasteiger partial charge in [0.1, 0.15) is 4.21 Å². The van der Waals surface area contributed by atoms with Crippen LogP contribution in [-0.2, 0) is 16.6 Å². The third kappa shape index (κ3) is 4.61. The highest BCUT2D eigenvalue weighted by Gasteiger charge is 2.19. The molecule has 5 nitrogen and oxygen atoms in total. The predicted octanol–water partition coefficient (Wildman–Crippen LogP) is 3.51. The molecule has 1 saturated heterocycles. The van der Waals surface area contributed by atoms with Crippen LogP contribution in [0.1, 0.15) is 35.2 Å². The number of sulfonamides is 1. The van der Waals surface area contributed by atoms with E-state index in [0.29, 0.717) is 9.90 Å². The van der Waals surface area contributed by atoms with Gasteiger partial charge in [-0.2, -0.15) is 0 Å². The number of nitrogens with zero attached hydrogens (tertiary/aromatic N) is 1. The number of halogens is 1. The molecule has 1 aliphatic heterocycles. The maximum atomic E-state index is 12.4. The highest BCUT2D eigenvalue weighted by atomic mass is 35.5. The fraction of sp³-hybridized carbons (Fsp3) is 0.353. The van der Waals surface area contributed by atoms with Gasteiger partial charge in [-0.1, -0.05) is 23.7 Å². The monoisotopic (exact) mass is 398 g/mol. The van der Waals surface area contributed by atoms with Gasteiger partial charge in [0.15, 0.2) is 0 Å². The molecule has 0 bridgehead atoms. The van der Waals surface area contributed by atoms with Crippen molar-refractivity contribution in [3.63, 3.8) is 0 Å². The number of piperidine rings is 1. The van der Waals surface area contributed by atoms with Crippen LogP contribution in [0, 0.1) is 0 Å². The van der Waals surface area contributed by atoms with Crippen molar-refractivity contribution in [2.75, 3.05) is 13.1 Å². The molecule has 2 heterocycles. The Morgan fingerprint density at radius 1 is 1.08 bits per heavy atom. The van der Waals surface area contributed by atoms with E-state index in [1.807, 2.05) is 4.90 Å². The Morgan fingerprint density at radius 3 is 2.36 bits per heavy atom. The van der Waals surface area contributed by atoms with Crippen molar-refractivity contribution >= 4 is 38.9 Å². The van der Waals surface area contributed by atoms with Crippen LogP contribution in [0.5, 0.6) is 0 Å². The zero-order chi connectivity index (χ0) is 17.9. The summed E-state index contributed by atoms with van der Waals surface area (Å²) in [6.45, 7) is 1.78. The van der Waals surface area contributed by atoms with Gasteiger partial charge in [0.2, 0.25) is 10.0 Å². The number of carbonyl (C=O) groups is 1. The molecule has 1 aromatic heterocycles. The van der Waals surface area contributed by atoms with Crippen molar-refractivity contribution in [3.8, 4) is 0 Å². The maximum absolute atomic E-state index is 12.4. The third-order valence-corrected chi connectivity index (χ3v) is 7.25. The minimum atomic E-state index is -3.57. The van der Waals surface area contributed by atoms with E-state index in [1.165, 1.54) is 12.5 Å². The smallest absolute Gasteiger partial charge is 0.253 e. The number of rotatable bonds is 5. The van der Waals surface area contributed by atoms with Gasteiger partial charge >= 0.3 is 0 Å². The molecule has 0 saturated carbocycles. The van der Waals surface area contributed by atoms with E-state index in [2.05, 4.69) is 4.72 Å². The SMILES string of the molecule is O=C(c1ccc(CNS(=O)(=O)c2ccc(Cl)s2)cc1)N1CCCCC1. The van der Waals surface area contributed by atoms with Crippen LogP contribution in [0.25, 0.3) is 0 Å². The Morgan fingerprint density at radius 2 is 1.76 bits per heavy atom. The quantitative estimate of drug-likeness (QED) is 0.838. The first-order valence-electron chi connectivity index (χ1n) is 8.09. The second-order valence-corrected chi connectivity index (χ2v) is 9.64. The molecule has 134 valence electrons. The molecule has 25 heavy (non-hydrogen) atoms. The van der Waals surface area contributed by atoms with E-state index in [9.17, 15) is 13.2 Å². The first-order chi connectivity index (χ1) is 12.0. The van der Waals surface area contributed by atoms with E-state index in [-0.39, 0.29) is 16.7 Å². The summed E-state index contributed by atoms with van der Waals surface area (Å²) in [6.07, 6.45) is 3.29. The fourth-order valence-corrected chi connectivity index (χ4v) is 5.28. The largest absolute Gasteiger partial charge is 0.339 e. The van der Waals surface area contributed by atoms with Crippen molar-refractivity contribution in [2.24, 2.45) is 0 Å². The van der Waals surface area contributed by atoms with E-state index in [0.717, 1.165) is 42.8 Å². The molecular weight excluding hydrogens is 380 g/mol. The molecule has 3 rings (SSSR count). The van der Waals surface area contributed by atoms with Gasteiger partial charge in [0, 0.05) is 25.2 Å². The first kappa shape index (κ1) is 18.4. The lowest BCUT2D eigenvalue weighted by atomic mass is 10.1. The molecule has 1 N–H and O–H groups in total. The normalized spacial score (nSPS) is 15.3. The topological polar surface area (TPSA) is 66.5 Å². The summed E-state index contributed by atoms with van der Waals surface area (Å²) in [4.78, 5) is 14.3. The van der Waals surface area contributed by atoms with E-state index in [4.69, 9.17) is 11.6 Å².